The van der Waals surface area contributed by atoms with Crippen LogP contribution >= 0.6 is 0 Å². The predicted molar refractivity (Wildman–Crippen MR) is 98.9 cm³/mol. The van der Waals surface area contributed by atoms with Gasteiger partial charge in [0, 0.05) is 39.3 Å². The SMILES string of the molecule is N#CCCNC(=O)CN1CCN(Cc2cccc3ccccc23)CC1. The molecule has 0 atom stereocenters. The third-order valence-electron chi connectivity index (χ3n) is 4.66. The summed E-state index contributed by atoms with van der Waals surface area (Å²) in [5.74, 6) is 0.0118. The summed E-state index contributed by atoms with van der Waals surface area (Å²) < 4.78 is 0. The van der Waals surface area contributed by atoms with Crippen molar-refractivity contribution in [2.75, 3.05) is 39.3 Å². The van der Waals surface area contributed by atoms with E-state index in [9.17, 15) is 4.79 Å². The molecule has 0 saturated carbocycles. The molecule has 0 radical (unpaired) electrons. The molecule has 1 aliphatic rings. The average Bonchev–Trinajstić information content (AvgIpc) is 2.64. The summed E-state index contributed by atoms with van der Waals surface area (Å²) in [7, 11) is 0. The molecule has 0 aliphatic carbocycles. The molecule has 2 aromatic carbocycles. The van der Waals surface area contributed by atoms with Crippen LogP contribution in [0.2, 0.25) is 0 Å². The van der Waals surface area contributed by atoms with Gasteiger partial charge in [0.05, 0.1) is 19.0 Å². The van der Waals surface area contributed by atoms with Gasteiger partial charge >= 0.3 is 0 Å². The lowest BCUT2D eigenvalue weighted by Crippen LogP contribution is -2.49. The molecule has 1 N–H and O–H groups in total. The second-order valence-electron chi connectivity index (χ2n) is 6.45. The van der Waals surface area contributed by atoms with Crippen molar-refractivity contribution in [2.24, 2.45) is 0 Å². The Bertz CT molecular complexity index is 754. The van der Waals surface area contributed by atoms with Crippen LogP contribution in [0.5, 0.6) is 0 Å². The minimum absolute atomic E-state index is 0.0118. The molecule has 0 spiro atoms. The number of hydrogen-bond acceptors (Lipinski definition) is 4. The van der Waals surface area contributed by atoms with E-state index >= 15 is 0 Å². The lowest BCUT2D eigenvalue weighted by atomic mass is 10.0. The van der Waals surface area contributed by atoms with Crippen molar-refractivity contribution < 1.29 is 4.79 Å². The molecule has 1 saturated heterocycles. The summed E-state index contributed by atoms with van der Waals surface area (Å²) >= 11 is 0. The van der Waals surface area contributed by atoms with Gasteiger partial charge < -0.3 is 5.32 Å². The Morgan fingerprint density at radius 1 is 1.04 bits per heavy atom. The van der Waals surface area contributed by atoms with E-state index in [0.717, 1.165) is 32.7 Å². The first kappa shape index (κ1) is 17.4. The van der Waals surface area contributed by atoms with Crippen molar-refractivity contribution >= 4 is 16.7 Å². The van der Waals surface area contributed by atoms with Crippen molar-refractivity contribution in [2.45, 2.75) is 13.0 Å². The highest BCUT2D eigenvalue weighted by Gasteiger charge is 2.19. The standard InChI is InChI=1S/C20H24N4O/c21-9-4-10-22-20(25)16-24-13-11-23(12-14-24)15-18-7-3-6-17-5-1-2-8-19(17)18/h1-3,5-8H,4,10-16H2,(H,22,25). The zero-order valence-corrected chi connectivity index (χ0v) is 14.4. The van der Waals surface area contributed by atoms with Gasteiger partial charge in [-0.1, -0.05) is 42.5 Å². The Morgan fingerprint density at radius 3 is 2.56 bits per heavy atom. The van der Waals surface area contributed by atoms with Crippen LogP contribution in [0, 0.1) is 11.3 Å². The van der Waals surface area contributed by atoms with Gasteiger partial charge in [-0.2, -0.15) is 5.26 Å². The molecule has 130 valence electrons. The molecular formula is C20H24N4O. The van der Waals surface area contributed by atoms with E-state index in [1.54, 1.807) is 0 Å². The van der Waals surface area contributed by atoms with Gasteiger partial charge in [-0.05, 0) is 16.3 Å². The Hall–Kier alpha value is -2.42. The highest BCUT2D eigenvalue weighted by atomic mass is 16.2. The van der Waals surface area contributed by atoms with Crippen molar-refractivity contribution in [1.29, 1.82) is 5.26 Å². The zero-order valence-electron chi connectivity index (χ0n) is 14.4. The van der Waals surface area contributed by atoms with Crippen LogP contribution in [-0.4, -0.2) is 55.0 Å². The van der Waals surface area contributed by atoms with Gasteiger partial charge in [0.1, 0.15) is 0 Å². The van der Waals surface area contributed by atoms with E-state index < -0.39 is 0 Å². The molecule has 2 aromatic rings. The lowest BCUT2D eigenvalue weighted by molar-refractivity contribution is -0.122. The number of nitrogens with one attached hydrogen (secondary N) is 1. The Kier molecular flexibility index (Phi) is 5.99. The molecule has 1 aliphatic heterocycles. The van der Waals surface area contributed by atoms with E-state index in [-0.39, 0.29) is 5.91 Å². The molecular weight excluding hydrogens is 312 g/mol. The number of carbonyl (C=O) groups is 1. The molecule has 1 heterocycles. The van der Waals surface area contributed by atoms with Crippen LogP contribution in [0.25, 0.3) is 10.8 Å². The van der Waals surface area contributed by atoms with Crippen molar-refractivity contribution in [3.63, 3.8) is 0 Å². The van der Waals surface area contributed by atoms with Crippen molar-refractivity contribution in [1.82, 2.24) is 15.1 Å². The summed E-state index contributed by atoms with van der Waals surface area (Å²) in [6.07, 6.45) is 0.366. The third kappa shape index (κ3) is 4.79. The minimum atomic E-state index is 0.0118. The monoisotopic (exact) mass is 336 g/mol. The Labute approximate surface area is 148 Å². The first-order valence-corrected chi connectivity index (χ1v) is 8.81. The third-order valence-corrected chi connectivity index (χ3v) is 4.66. The van der Waals surface area contributed by atoms with E-state index in [2.05, 4.69) is 57.6 Å². The van der Waals surface area contributed by atoms with Gasteiger partial charge in [-0.3, -0.25) is 14.6 Å². The quantitative estimate of drug-likeness (QED) is 0.820. The highest BCUT2D eigenvalue weighted by Crippen LogP contribution is 2.20. The summed E-state index contributed by atoms with van der Waals surface area (Å²) in [5, 5.41) is 13.9. The molecule has 5 nitrogen and oxygen atoms in total. The normalized spacial score (nSPS) is 15.8. The summed E-state index contributed by atoms with van der Waals surface area (Å²) in [6, 6.07) is 17.0. The maximum atomic E-state index is 11.8. The number of hydrogen-bond donors (Lipinski definition) is 1. The van der Waals surface area contributed by atoms with Crippen LogP contribution in [0.3, 0.4) is 0 Å². The van der Waals surface area contributed by atoms with Crippen LogP contribution in [0.4, 0.5) is 0 Å². The number of rotatable bonds is 6. The largest absolute Gasteiger partial charge is 0.354 e. The second kappa shape index (κ2) is 8.61. The van der Waals surface area contributed by atoms with Crippen LogP contribution in [0.1, 0.15) is 12.0 Å². The molecule has 5 heteroatoms. The number of nitrogens with zero attached hydrogens (tertiary/aromatic N) is 3. The zero-order chi connectivity index (χ0) is 17.5. The van der Waals surface area contributed by atoms with Gasteiger partial charge in [0.15, 0.2) is 0 Å². The predicted octanol–water partition coefficient (Wildman–Crippen LogP) is 1.99. The summed E-state index contributed by atoms with van der Waals surface area (Å²) in [6.45, 7) is 5.55. The maximum Gasteiger partial charge on any atom is 0.234 e. The molecule has 0 aromatic heterocycles. The summed E-state index contributed by atoms with van der Waals surface area (Å²) in [5.41, 5.74) is 1.36. The molecule has 0 bridgehead atoms. The lowest BCUT2D eigenvalue weighted by Gasteiger charge is -2.34. The number of amides is 1. The molecule has 0 unspecified atom stereocenters. The molecule has 1 fully saturated rings. The highest BCUT2D eigenvalue weighted by molar-refractivity contribution is 5.85. The van der Waals surface area contributed by atoms with Crippen molar-refractivity contribution in [3.8, 4) is 6.07 Å². The van der Waals surface area contributed by atoms with E-state index in [0.29, 0.717) is 19.5 Å². The molecule has 25 heavy (non-hydrogen) atoms. The number of carbonyl (C=O) groups excluding carboxylic acids is 1. The first-order valence-electron chi connectivity index (χ1n) is 8.81. The number of fused-ring (bicyclic) bond motifs is 1. The van der Waals surface area contributed by atoms with E-state index in [4.69, 9.17) is 5.26 Å². The van der Waals surface area contributed by atoms with Gasteiger partial charge in [-0.25, -0.2) is 0 Å². The fourth-order valence-corrected chi connectivity index (χ4v) is 3.29. The maximum absolute atomic E-state index is 11.8. The smallest absolute Gasteiger partial charge is 0.234 e. The minimum Gasteiger partial charge on any atom is -0.354 e. The number of nitriles is 1. The van der Waals surface area contributed by atoms with E-state index in [1.165, 1.54) is 16.3 Å². The topological polar surface area (TPSA) is 59.4 Å². The average molecular weight is 336 g/mol. The molecule has 3 rings (SSSR count). The molecule has 1 amide bonds. The van der Waals surface area contributed by atoms with Crippen molar-refractivity contribution in [3.05, 3.63) is 48.0 Å². The Balaban J connectivity index is 1.49. The second-order valence-corrected chi connectivity index (χ2v) is 6.45. The van der Waals surface area contributed by atoms with Gasteiger partial charge in [0.25, 0.3) is 0 Å². The fraction of sp³-hybridized carbons (Fsp3) is 0.400. The van der Waals surface area contributed by atoms with Crippen LogP contribution < -0.4 is 5.32 Å². The number of piperazine rings is 1. The van der Waals surface area contributed by atoms with Gasteiger partial charge in [0.2, 0.25) is 5.91 Å². The fourth-order valence-electron chi connectivity index (χ4n) is 3.29. The Morgan fingerprint density at radius 2 is 1.76 bits per heavy atom. The summed E-state index contributed by atoms with van der Waals surface area (Å²) in [4.78, 5) is 16.5. The first-order chi connectivity index (χ1) is 12.3. The van der Waals surface area contributed by atoms with E-state index in [1.807, 2.05) is 6.07 Å². The van der Waals surface area contributed by atoms with Crippen LogP contribution in [0.15, 0.2) is 42.5 Å². The van der Waals surface area contributed by atoms with Crippen LogP contribution in [-0.2, 0) is 11.3 Å². The van der Waals surface area contributed by atoms with Gasteiger partial charge in [-0.15, -0.1) is 0 Å². The number of benzene rings is 2.